The van der Waals surface area contributed by atoms with Gasteiger partial charge in [0.05, 0.1) is 10.6 Å². The SMILES string of the molecule is CCn1ccc(-c2nc(CCS(=O)(=O)c3ccccc3)no2)n1. The molecule has 3 aromatic rings. The van der Waals surface area contributed by atoms with Crippen molar-refractivity contribution in [1.82, 2.24) is 19.9 Å². The van der Waals surface area contributed by atoms with Crippen molar-refractivity contribution < 1.29 is 12.9 Å². The highest BCUT2D eigenvalue weighted by Crippen LogP contribution is 2.16. The van der Waals surface area contributed by atoms with E-state index < -0.39 is 9.84 Å². The Balaban J connectivity index is 1.70. The van der Waals surface area contributed by atoms with E-state index in [1.165, 1.54) is 0 Å². The smallest absolute Gasteiger partial charge is 0.278 e. The molecule has 3 rings (SSSR count). The molecule has 0 aliphatic heterocycles. The van der Waals surface area contributed by atoms with E-state index in [9.17, 15) is 8.42 Å². The second-order valence-corrected chi connectivity index (χ2v) is 7.06. The van der Waals surface area contributed by atoms with Gasteiger partial charge in [0.2, 0.25) is 0 Å². The molecule has 0 unspecified atom stereocenters. The molecule has 0 fully saturated rings. The number of benzene rings is 1. The minimum atomic E-state index is -3.36. The highest BCUT2D eigenvalue weighted by Gasteiger charge is 2.17. The lowest BCUT2D eigenvalue weighted by molar-refractivity contribution is 0.421. The van der Waals surface area contributed by atoms with Crippen LogP contribution in [0.1, 0.15) is 12.7 Å². The molecule has 0 N–H and O–H groups in total. The molecule has 2 heterocycles. The van der Waals surface area contributed by atoms with Gasteiger partial charge in [0.15, 0.2) is 21.4 Å². The average Bonchev–Trinajstić information content (AvgIpc) is 3.23. The Bertz CT molecular complexity index is 884. The summed E-state index contributed by atoms with van der Waals surface area (Å²) in [6.07, 6.45) is 2.01. The van der Waals surface area contributed by atoms with E-state index in [1.54, 1.807) is 41.1 Å². The molecule has 0 saturated carbocycles. The van der Waals surface area contributed by atoms with Crippen LogP contribution in [-0.2, 0) is 22.8 Å². The Kier molecular flexibility index (Phi) is 4.24. The third-order valence-electron chi connectivity index (χ3n) is 3.35. The maximum atomic E-state index is 12.2. The predicted molar refractivity (Wildman–Crippen MR) is 83.4 cm³/mol. The second kappa shape index (κ2) is 6.33. The third kappa shape index (κ3) is 3.48. The van der Waals surface area contributed by atoms with Gasteiger partial charge in [0, 0.05) is 19.2 Å². The molecule has 0 bridgehead atoms. The lowest BCUT2D eigenvalue weighted by Crippen LogP contribution is -2.09. The van der Waals surface area contributed by atoms with Gasteiger partial charge in [-0.2, -0.15) is 10.1 Å². The zero-order chi connectivity index (χ0) is 16.3. The summed E-state index contributed by atoms with van der Waals surface area (Å²) in [5.74, 6) is 0.578. The van der Waals surface area contributed by atoms with E-state index in [-0.39, 0.29) is 12.2 Å². The van der Waals surface area contributed by atoms with Gasteiger partial charge < -0.3 is 4.52 Å². The first-order chi connectivity index (χ1) is 11.1. The minimum Gasteiger partial charge on any atom is -0.332 e. The van der Waals surface area contributed by atoms with Crippen molar-refractivity contribution in [3.63, 3.8) is 0 Å². The number of hydrogen-bond donors (Lipinski definition) is 0. The van der Waals surface area contributed by atoms with Crippen molar-refractivity contribution in [2.75, 3.05) is 5.75 Å². The minimum absolute atomic E-state index is 0.0701. The van der Waals surface area contributed by atoms with E-state index in [4.69, 9.17) is 4.52 Å². The molecule has 1 aromatic carbocycles. The first-order valence-electron chi connectivity index (χ1n) is 7.23. The molecule has 7 nitrogen and oxygen atoms in total. The van der Waals surface area contributed by atoms with Crippen LogP contribution in [0.15, 0.2) is 52.0 Å². The largest absolute Gasteiger partial charge is 0.332 e. The second-order valence-electron chi connectivity index (χ2n) is 4.95. The maximum absolute atomic E-state index is 12.2. The third-order valence-corrected chi connectivity index (χ3v) is 5.08. The average molecular weight is 332 g/mol. The summed E-state index contributed by atoms with van der Waals surface area (Å²) in [5.41, 5.74) is 0.580. The summed E-state index contributed by atoms with van der Waals surface area (Å²) in [6.45, 7) is 2.72. The Morgan fingerprint density at radius 2 is 1.96 bits per heavy atom. The summed E-state index contributed by atoms with van der Waals surface area (Å²) in [6, 6.07) is 10.1. The Morgan fingerprint density at radius 1 is 1.17 bits per heavy atom. The maximum Gasteiger partial charge on any atom is 0.278 e. The van der Waals surface area contributed by atoms with Gasteiger partial charge in [0.25, 0.3) is 5.89 Å². The van der Waals surface area contributed by atoms with Crippen molar-refractivity contribution in [2.24, 2.45) is 0 Å². The first-order valence-corrected chi connectivity index (χ1v) is 8.88. The van der Waals surface area contributed by atoms with Crippen molar-refractivity contribution in [3.05, 3.63) is 48.4 Å². The number of aromatic nitrogens is 4. The summed E-state index contributed by atoms with van der Waals surface area (Å²) >= 11 is 0. The quantitative estimate of drug-likeness (QED) is 0.685. The van der Waals surface area contributed by atoms with Crippen LogP contribution in [-0.4, -0.2) is 34.1 Å². The van der Waals surface area contributed by atoms with E-state index >= 15 is 0 Å². The fraction of sp³-hybridized carbons (Fsp3) is 0.267. The molecule has 0 radical (unpaired) electrons. The summed E-state index contributed by atoms with van der Waals surface area (Å²) in [5, 5.41) is 8.10. The number of hydrogen-bond acceptors (Lipinski definition) is 6. The van der Waals surface area contributed by atoms with E-state index in [0.717, 1.165) is 6.54 Å². The van der Waals surface area contributed by atoms with Crippen LogP contribution in [0.25, 0.3) is 11.6 Å². The van der Waals surface area contributed by atoms with Gasteiger partial charge in [-0.1, -0.05) is 23.4 Å². The number of aryl methyl sites for hydroxylation is 2. The predicted octanol–water partition coefficient (Wildman–Crippen LogP) is 1.97. The molecule has 0 aliphatic rings. The van der Waals surface area contributed by atoms with Crippen LogP contribution in [0.2, 0.25) is 0 Å². The van der Waals surface area contributed by atoms with E-state index in [2.05, 4.69) is 15.2 Å². The zero-order valence-electron chi connectivity index (χ0n) is 12.6. The number of sulfone groups is 1. The summed E-state index contributed by atoms with van der Waals surface area (Å²) < 4.78 is 31.3. The molecule has 8 heteroatoms. The zero-order valence-corrected chi connectivity index (χ0v) is 13.4. The molecular weight excluding hydrogens is 316 g/mol. The van der Waals surface area contributed by atoms with Gasteiger partial charge in [-0.05, 0) is 25.1 Å². The molecule has 2 aromatic heterocycles. The van der Waals surface area contributed by atoms with Crippen LogP contribution in [0.4, 0.5) is 0 Å². The highest BCUT2D eigenvalue weighted by atomic mass is 32.2. The lowest BCUT2D eigenvalue weighted by Gasteiger charge is -2.01. The number of nitrogens with zero attached hydrogens (tertiary/aromatic N) is 4. The topological polar surface area (TPSA) is 90.9 Å². The molecule has 120 valence electrons. The van der Waals surface area contributed by atoms with Crippen molar-refractivity contribution >= 4 is 9.84 Å². The van der Waals surface area contributed by atoms with Crippen LogP contribution in [0.5, 0.6) is 0 Å². The van der Waals surface area contributed by atoms with Gasteiger partial charge in [-0.3, -0.25) is 4.68 Å². The lowest BCUT2D eigenvalue weighted by atomic mass is 10.4. The van der Waals surface area contributed by atoms with Crippen molar-refractivity contribution in [1.29, 1.82) is 0 Å². The Hall–Kier alpha value is -2.48. The van der Waals surface area contributed by atoms with Gasteiger partial charge in [-0.25, -0.2) is 8.42 Å². The first kappa shape index (κ1) is 15.4. The monoisotopic (exact) mass is 332 g/mol. The fourth-order valence-electron chi connectivity index (χ4n) is 2.08. The summed E-state index contributed by atoms with van der Waals surface area (Å²) in [4.78, 5) is 4.50. The molecular formula is C15H16N4O3S. The number of rotatable bonds is 6. The Morgan fingerprint density at radius 3 is 2.65 bits per heavy atom. The van der Waals surface area contributed by atoms with Crippen LogP contribution in [0.3, 0.4) is 0 Å². The van der Waals surface area contributed by atoms with E-state index in [0.29, 0.717) is 22.3 Å². The standard InChI is InChI=1S/C15H16N4O3S/c1-2-19-10-8-13(17-19)15-16-14(18-22-15)9-11-23(20,21)12-6-4-3-5-7-12/h3-8,10H,2,9,11H2,1H3. The van der Waals surface area contributed by atoms with Gasteiger partial charge >= 0.3 is 0 Å². The van der Waals surface area contributed by atoms with Crippen LogP contribution in [0, 0.1) is 0 Å². The highest BCUT2D eigenvalue weighted by molar-refractivity contribution is 7.91. The van der Waals surface area contributed by atoms with Crippen molar-refractivity contribution in [2.45, 2.75) is 24.8 Å². The molecule has 0 amide bonds. The van der Waals surface area contributed by atoms with Crippen molar-refractivity contribution in [3.8, 4) is 11.6 Å². The van der Waals surface area contributed by atoms with Gasteiger partial charge in [-0.15, -0.1) is 0 Å². The van der Waals surface area contributed by atoms with Crippen LogP contribution < -0.4 is 0 Å². The normalized spacial score (nSPS) is 11.7. The van der Waals surface area contributed by atoms with Crippen LogP contribution >= 0.6 is 0 Å². The Labute approximate surface area is 133 Å². The molecule has 23 heavy (non-hydrogen) atoms. The molecule has 0 aliphatic carbocycles. The fourth-order valence-corrected chi connectivity index (χ4v) is 3.34. The van der Waals surface area contributed by atoms with Gasteiger partial charge in [0.1, 0.15) is 0 Å². The summed E-state index contributed by atoms with van der Waals surface area (Å²) in [7, 11) is -3.36. The molecule has 0 saturated heterocycles. The molecule has 0 atom stereocenters. The molecule has 0 spiro atoms. The van der Waals surface area contributed by atoms with E-state index in [1.807, 2.05) is 13.1 Å².